The van der Waals surface area contributed by atoms with Crippen molar-refractivity contribution in [3.8, 4) is 0 Å². The summed E-state index contributed by atoms with van der Waals surface area (Å²) in [6.45, 7) is 10.2. The van der Waals surface area contributed by atoms with Gasteiger partial charge in [0.15, 0.2) is 24.8 Å². The fraction of sp³-hybridized carbons (Fsp3) is 0.934. The fourth-order valence-electron chi connectivity index (χ4n) is 15.9. The van der Waals surface area contributed by atoms with Crippen molar-refractivity contribution in [1.82, 2.24) is 0 Å². The van der Waals surface area contributed by atoms with Crippen LogP contribution in [0.25, 0.3) is 0 Å². The van der Waals surface area contributed by atoms with Crippen LogP contribution in [0, 0.1) is 11.8 Å². The predicted octanol–water partition coefficient (Wildman–Crippen LogP) is 17.3. The maximum Gasteiger partial charge on any atom is 0.472 e. The molecule has 2 heterocycles. The molecule has 2 saturated heterocycles. The minimum absolute atomic E-state index is 0.0151. The van der Waals surface area contributed by atoms with Crippen LogP contribution in [0.2, 0.25) is 0 Å². The normalized spacial score (nSPS) is 25.6. The van der Waals surface area contributed by atoms with E-state index in [9.17, 15) is 74.6 Å². The standard InChI is InChI=1S/C91H169O25P/c1-7-11-15-19-23-25-27-29-31-33-35-45-53-61-74(93)107-66-71(110-76(95)63-55-47-39-37-43-51-59-69(5)57-49-41-21-17-13-9-3)67-109-117(105,106)116-89-87(114-90-84(103)80(99)78(97)72(65-92)111-90)83(102)82(101)86(113-77(96)64-56-48-40-38-44-52-60-70(6)58-50-42-22-18-14-10-4)88(89)115-91-85(104)81(100)79(98)73(112-91)68-108-75(94)62-54-46-36-34-32-30-28-26-24-20-16-12-8-2/h29,31,69-73,78-92,97-104H,7-28,30,32-68H2,1-6H3,(H,105,106)/b31-29-. The lowest BCUT2D eigenvalue weighted by Crippen LogP contribution is -2.70. The molecule has 117 heavy (non-hydrogen) atoms. The molecule has 20 unspecified atom stereocenters. The van der Waals surface area contributed by atoms with E-state index in [-0.39, 0.29) is 25.7 Å². The number of phosphoric ester groups is 1. The van der Waals surface area contributed by atoms with Crippen LogP contribution < -0.4 is 0 Å². The predicted molar refractivity (Wildman–Crippen MR) is 453 cm³/mol. The van der Waals surface area contributed by atoms with Crippen LogP contribution in [-0.2, 0) is 70.7 Å². The highest BCUT2D eigenvalue weighted by atomic mass is 31.2. The van der Waals surface area contributed by atoms with Crippen molar-refractivity contribution in [1.29, 1.82) is 0 Å². The van der Waals surface area contributed by atoms with E-state index >= 15 is 0 Å². The number of unbranched alkanes of at least 4 members (excludes halogenated alkanes) is 41. The number of rotatable bonds is 75. The molecular weight excluding hydrogens is 1520 g/mol. The highest BCUT2D eigenvalue weighted by Gasteiger charge is 2.60. The van der Waals surface area contributed by atoms with Gasteiger partial charge in [0, 0.05) is 25.7 Å². The topological polar surface area (TPSA) is 380 Å². The Morgan fingerprint density at radius 3 is 1.11 bits per heavy atom. The lowest BCUT2D eigenvalue weighted by Gasteiger charge is -2.50. The van der Waals surface area contributed by atoms with E-state index in [1.54, 1.807) is 0 Å². The van der Waals surface area contributed by atoms with Crippen molar-refractivity contribution < 1.29 is 122 Å². The lowest BCUT2D eigenvalue weighted by molar-refractivity contribution is -0.360. The Morgan fingerprint density at radius 1 is 0.359 bits per heavy atom. The van der Waals surface area contributed by atoms with E-state index < -0.39 is 162 Å². The number of hydrogen-bond acceptors (Lipinski definition) is 24. The van der Waals surface area contributed by atoms with E-state index in [2.05, 4.69) is 53.7 Å². The number of hydrogen-bond donors (Lipinski definition) is 10. The molecule has 688 valence electrons. The van der Waals surface area contributed by atoms with Crippen LogP contribution in [-0.4, -0.2) is 205 Å². The van der Waals surface area contributed by atoms with Crippen molar-refractivity contribution in [3.05, 3.63) is 12.2 Å². The van der Waals surface area contributed by atoms with Gasteiger partial charge in [0.25, 0.3) is 0 Å². The second-order valence-electron chi connectivity index (χ2n) is 34.4. The summed E-state index contributed by atoms with van der Waals surface area (Å²) in [5.74, 6) is -1.68. The van der Waals surface area contributed by atoms with Gasteiger partial charge in [-0.3, -0.25) is 28.2 Å². The Kier molecular flexibility index (Phi) is 63.5. The summed E-state index contributed by atoms with van der Waals surface area (Å²) in [5.41, 5.74) is 0. The molecule has 0 amide bonds. The van der Waals surface area contributed by atoms with Gasteiger partial charge in [-0.2, -0.15) is 0 Å². The van der Waals surface area contributed by atoms with Crippen LogP contribution in [0.5, 0.6) is 0 Å². The van der Waals surface area contributed by atoms with E-state index in [1.165, 1.54) is 173 Å². The minimum Gasteiger partial charge on any atom is -0.463 e. The Balaban J connectivity index is 1.94. The Bertz CT molecular complexity index is 2520. The van der Waals surface area contributed by atoms with Gasteiger partial charge in [0.1, 0.15) is 92.6 Å². The molecule has 0 aromatic rings. The molecule has 3 rings (SSSR count). The van der Waals surface area contributed by atoms with Crippen LogP contribution in [0.15, 0.2) is 12.2 Å². The van der Waals surface area contributed by atoms with Crippen LogP contribution >= 0.6 is 7.82 Å². The zero-order valence-corrected chi connectivity index (χ0v) is 74.5. The first-order valence-electron chi connectivity index (χ1n) is 47.2. The second kappa shape index (κ2) is 68.5. The molecule has 20 atom stereocenters. The maximum atomic E-state index is 14.9. The van der Waals surface area contributed by atoms with Crippen molar-refractivity contribution in [2.24, 2.45) is 11.8 Å². The summed E-state index contributed by atoms with van der Waals surface area (Å²) in [6.07, 6.45) is 23.7. The number of allylic oxidation sites excluding steroid dienone is 2. The molecule has 25 nitrogen and oxygen atoms in total. The largest absolute Gasteiger partial charge is 0.472 e. The second-order valence-corrected chi connectivity index (χ2v) is 35.8. The molecule has 26 heteroatoms. The molecule has 0 radical (unpaired) electrons. The minimum atomic E-state index is -5.81. The molecule has 0 aromatic carbocycles. The average Bonchev–Trinajstić information content (AvgIpc) is 0.754. The van der Waals surface area contributed by atoms with Crippen LogP contribution in [0.1, 0.15) is 401 Å². The van der Waals surface area contributed by atoms with Crippen molar-refractivity contribution >= 4 is 31.7 Å². The number of aliphatic hydroxyl groups is 9. The number of ether oxygens (including phenoxy) is 8. The summed E-state index contributed by atoms with van der Waals surface area (Å²) >= 11 is 0. The maximum absolute atomic E-state index is 14.9. The van der Waals surface area contributed by atoms with E-state index in [0.717, 1.165) is 128 Å². The molecule has 0 spiro atoms. The zero-order chi connectivity index (χ0) is 85.7. The molecule has 2 aliphatic heterocycles. The molecule has 3 aliphatic rings. The third-order valence-corrected chi connectivity index (χ3v) is 24.5. The summed E-state index contributed by atoms with van der Waals surface area (Å²) in [5, 5.41) is 102. The van der Waals surface area contributed by atoms with Gasteiger partial charge < -0.3 is 88.7 Å². The smallest absolute Gasteiger partial charge is 0.463 e. The van der Waals surface area contributed by atoms with E-state index in [1.807, 2.05) is 0 Å². The molecule has 1 saturated carbocycles. The van der Waals surface area contributed by atoms with Gasteiger partial charge in [0.2, 0.25) is 0 Å². The number of carbonyl (C=O) groups is 4. The molecule has 1 aliphatic carbocycles. The lowest BCUT2D eigenvalue weighted by atomic mass is 9.84. The van der Waals surface area contributed by atoms with Crippen LogP contribution in [0.4, 0.5) is 0 Å². The first kappa shape index (κ1) is 108. The Morgan fingerprint density at radius 2 is 0.692 bits per heavy atom. The number of aliphatic hydroxyl groups excluding tert-OH is 9. The zero-order valence-electron chi connectivity index (χ0n) is 73.6. The number of phosphoric acid groups is 1. The van der Waals surface area contributed by atoms with E-state index in [0.29, 0.717) is 43.9 Å². The van der Waals surface area contributed by atoms with Gasteiger partial charge >= 0.3 is 31.7 Å². The van der Waals surface area contributed by atoms with Gasteiger partial charge in [-0.1, -0.05) is 336 Å². The third kappa shape index (κ3) is 49.5. The molecule has 10 N–H and O–H groups in total. The molecule has 0 bridgehead atoms. The first-order chi connectivity index (χ1) is 56.5. The highest BCUT2D eigenvalue weighted by Crippen LogP contribution is 2.49. The van der Waals surface area contributed by atoms with Crippen molar-refractivity contribution in [3.63, 3.8) is 0 Å². The monoisotopic (exact) mass is 1690 g/mol. The van der Waals surface area contributed by atoms with E-state index in [4.69, 9.17) is 46.9 Å². The SMILES string of the molecule is CCCCCCCC/C=C\CCCCCC(=O)OCC(COP(=O)(O)OC1C(OC2OC(CO)C(O)C(O)C2O)C(O)C(O)C(OC(=O)CCCCCCCCC(C)CCCCCCCC)C1OC1OC(COC(=O)CCCCCCCCCCCCCCC)C(O)C(O)C1O)OC(=O)CCCCCCCCC(C)CCCCCCCC. The quantitative estimate of drug-likeness (QED) is 0.00889. The van der Waals surface area contributed by atoms with Gasteiger partial charge in [-0.25, -0.2) is 4.57 Å². The van der Waals surface area contributed by atoms with Gasteiger partial charge in [0.05, 0.1) is 13.2 Å². The molecular formula is C91H169O25P. The summed E-state index contributed by atoms with van der Waals surface area (Å²) in [7, 11) is -5.81. The van der Waals surface area contributed by atoms with Crippen LogP contribution in [0.3, 0.4) is 0 Å². The third-order valence-electron chi connectivity index (χ3n) is 23.6. The Hall–Kier alpha value is -2.79. The van der Waals surface area contributed by atoms with Crippen molar-refractivity contribution in [2.75, 3.05) is 26.4 Å². The van der Waals surface area contributed by atoms with Gasteiger partial charge in [-0.05, 0) is 63.2 Å². The first-order valence-corrected chi connectivity index (χ1v) is 48.7. The summed E-state index contributed by atoms with van der Waals surface area (Å²) in [4.78, 5) is 66.5. The highest BCUT2D eigenvalue weighted by molar-refractivity contribution is 7.47. The Labute approximate surface area is 705 Å². The number of carbonyl (C=O) groups excluding carboxylic acids is 4. The molecule has 0 aromatic heterocycles. The summed E-state index contributed by atoms with van der Waals surface area (Å²) in [6, 6.07) is 0. The molecule has 3 fully saturated rings. The number of esters is 4. The average molecular weight is 1690 g/mol. The fourth-order valence-corrected chi connectivity index (χ4v) is 16.8. The summed E-state index contributed by atoms with van der Waals surface area (Å²) < 4.78 is 73.5. The van der Waals surface area contributed by atoms with Crippen molar-refractivity contribution in [2.45, 2.75) is 505 Å². The van der Waals surface area contributed by atoms with Gasteiger partial charge in [-0.15, -0.1) is 0 Å².